The minimum absolute atomic E-state index is 0.270. The minimum atomic E-state index is 0.270. The molecular weight excluding hydrogens is 304 g/mol. The Morgan fingerprint density at radius 3 is 2.47 bits per heavy atom. The van der Waals surface area contributed by atoms with E-state index in [0.29, 0.717) is 11.8 Å². The maximum atomic E-state index is 12.2. The van der Waals surface area contributed by atoms with Crippen molar-refractivity contribution in [2.75, 3.05) is 26.2 Å². The Bertz CT molecular complexity index is 458. The zero-order chi connectivity index (χ0) is 13.3. The number of hydrogen-bond donors (Lipinski definition) is 1. The number of hydrogen-bond acceptors (Lipinski definition) is 2. The molecule has 2 aliphatic heterocycles. The SMILES string of the molecule is O=C(Cc1ccc(Br)cc1)N1CC2(CCNCC2)C1. The number of amides is 1. The second-order valence-corrected chi connectivity index (χ2v) is 6.72. The van der Waals surface area contributed by atoms with Crippen LogP contribution in [0, 0.1) is 5.41 Å². The molecule has 3 nitrogen and oxygen atoms in total. The number of nitrogens with zero attached hydrogens (tertiary/aromatic N) is 1. The van der Waals surface area contributed by atoms with Crippen LogP contribution in [0.1, 0.15) is 18.4 Å². The molecule has 4 heteroatoms. The molecule has 1 spiro atoms. The van der Waals surface area contributed by atoms with E-state index in [1.165, 1.54) is 12.8 Å². The van der Waals surface area contributed by atoms with Crippen LogP contribution in [0.5, 0.6) is 0 Å². The first-order chi connectivity index (χ1) is 9.17. The lowest BCUT2D eigenvalue weighted by molar-refractivity contribution is -0.144. The highest BCUT2D eigenvalue weighted by Gasteiger charge is 2.44. The number of nitrogens with one attached hydrogen (secondary N) is 1. The third-order valence-electron chi connectivity index (χ3n) is 4.34. The molecular formula is C15H19BrN2O. The zero-order valence-corrected chi connectivity index (χ0v) is 12.6. The molecule has 2 aliphatic rings. The van der Waals surface area contributed by atoms with E-state index in [1.54, 1.807) is 0 Å². The Morgan fingerprint density at radius 2 is 1.84 bits per heavy atom. The molecule has 3 rings (SSSR count). The summed E-state index contributed by atoms with van der Waals surface area (Å²) in [6.07, 6.45) is 2.96. The van der Waals surface area contributed by atoms with Gasteiger partial charge in [0.15, 0.2) is 0 Å². The van der Waals surface area contributed by atoms with Crippen molar-refractivity contribution in [3.8, 4) is 0 Å². The average molecular weight is 323 g/mol. The Labute approximate surface area is 122 Å². The van der Waals surface area contributed by atoms with E-state index in [0.717, 1.165) is 36.2 Å². The Kier molecular flexibility index (Phi) is 3.63. The van der Waals surface area contributed by atoms with E-state index >= 15 is 0 Å². The van der Waals surface area contributed by atoms with Crippen LogP contribution < -0.4 is 5.32 Å². The fourth-order valence-electron chi connectivity index (χ4n) is 3.10. The third-order valence-corrected chi connectivity index (χ3v) is 4.87. The summed E-state index contributed by atoms with van der Waals surface area (Å²) < 4.78 is 1.06. The standard InChI is InChI=1S/C15H19BrN2O/c16-13-3-1-12(2-4-13)9-14(19)18-10-15(11-18)5-7-17-8-6-15/h1-4,17H,5-11H2. The van der Waals surface area contributed by atoms with Crippen LogP contribution in [0.25, 0.3) is 0 Å². The van der Waals surface area contributed by atoms with Crippen LogP contribution in [-0.4, -0.2) is 37.0 Å². The fourth-order valence-corrected chi connectivity index (χ4v) is 3.37. The van der Waals surface area contributed by atoms with Gasteiger partial charge in [-0.15, -0.1) is 0 Å². The lowest BCUT2D eigenvalue weighted by Crippen LogP contribution is -2.61. The molecule has 2 heterocycles. The summed E-state index contributed by atoms with van der Waals surface area (Å²) in [7, 11) is 0. The van der Waals surface area contributed by atoms with Crippen LogP contribution in [0.15, 0.2) is 28.7 Å². The van der Waals surface area contributed by atoms with Gasteiger partial charge in [0, 0.05) is 23.0 Å². The number of halogens is 1. The van der Waals surface area contributed by atoms with E-state index in [2.05, 4.69) is 21.2 Å². The molecule has 0 atom stereocenters. The van der Waals surface area contributed by atoms with Gasteiger partial charge in [-0.1, -0.05) is 28.1 Å². The normalized spacial score (nSPS) is 21.2. The van der Waals surface area contributed by atoms with E-state index in [4.69, 9.17) is 0 Å². The van der Waals surface area contributed by atoms with Crippen molar-refractivity contribution in [1.29, 1.82) is 0 Å². The summed E-state index contributed by atoms with van der Waals surface area (Å²) in [5.74, 6) is 0.270. The van der Waals surface area contributed by atoms with Gasteiger partial charge in [0.1, 0.15) is 0 Å². The molecule has 0 aliphatic carbocycles. The smallest absolute Gasteiger partial charge is 0.227 e. The van der Waals surface area contributed by atoms with Crippen LogP contribution in [-0.2, 0) is 11.2 Å². The predicted molar refractivity (Wildman–Crippen MR) is 79.0 cm³/mol. The molecule has 0 aromatic heterocycles. The van der Waals surface area contributed by atoms with Crippen LogP contribution in [0.4, 0.5) is 0 Å². The third kappa shape index (κ3) is 2.84. The van der Waals surface area contributed by atoms with Crippen molar-refractivity contribution >= 4 is 21.8 Å². The van der Waals surface area contributed by atoms with Gasteiger partial charge in [-0.05, 0) is 43.6 Å². The van der Waals surface area contributed by atoms with E-state index < -0.39 is 0 Å². The Morgan fingerprint density at radius 1 is 1.21 bits per heavy atom. The van der Waals surface area contributed by atoms with Gasteiger partial charge in [0.05, 0.1) is 6.42 Å². The quantitative estimate of drug-likeness (QED) is 0.905. The van der Waals surface area contributed by atoms with Crippen molar-refractivity contribution < 1.29 is 4.79 Å². The number of piperidine rings is 1. The molecule has 102 valence electrons. The average Bonchev–Trinajstić information content (AvgIpc) is 2.39. The monoisotopic (exact) mass is 322 g/mol. The molecule has 1 N–H and O–H groups in total. The summed E-state index contributed by atoms with van der Waals surface area (Å²) in [4.78, 5) is 14.2. The van der Waals surface area contributed by atoms with E-state index in [9.17, 15) is 4.79 Å². The lowest BCUT2D eigenvalue weighted by Gasteiger charge is -2.52. The number of carbonyl (C=O) groups is 1. The van der Waals surface area contributed by atoms with Crippen LogP contribution >= 0.6 is 15.9 Å². The second kappa shape index (κ2) is 5.25. The maximum Gasteiger partial charge on any atom is 0.227 e. The molecule has 0 bridgehead atoms. The molecule has 2 fully saturated rings. The first kappa shape index (κ1) is 13.1. The molecule has 2 saturated heterocycles. The molecule has 0 radical (unpaired) electrons. The molecule has 19 heavy (non-hydrogen) atoms. The number of benzene rings is 1. The van der Waals surface area contributed by atoms with Gasteiger partial charge in [0.2, 0.25) is 5.91 Å². The van der Waals surface area contributed by atoms with Gasteiger partial charge in [-0.2, -0.15) is 0 Å². The second-order valence-electron chi connectivity index (χ2n) is 5.80. The number of carbonyl (C=O) groups excluding carboxylic acids is 1. The Hall–Kier alpha value is -0.870. The van der Waals surface area contributed by atoms with Crippen molar-refractivity contribution in [3.05, 3.63) is 34.3 Å². The largest absolute Gasteiger partial charge is 0.341 e. The van der Waals surface area contributed by atoms with Crippen molar-refractivity contribution in [1.82, 2.24) is 10.2 Å². The van der Waals surface area contributed by atoms with Crippen molar-refractivity contribution in [2.45, 2.75) is 19.3 Å². The van der Waals surface area contributed by atoms with Gasteiger partial charge in [-0.3, -0.25) is 4.79 Å². The summed E-state index contributed by atoms with van der Waals surface area (Å²) in [6, 6.07) is 8.02. The number of rotatable bonds is 2. The fraction of sp³-hybridized carbons (Fsp3) is 0.533. The highest BCUT2D eigenvalue weighted by molar-refractivity contribution is 9.10. The lowest BCUT2D eigenvalue weighted by atomic mass is 9.72. The summed E-state index contributed by atoms with van der Waals surface area (Å²) >= 11 is 3.41. The topological polar surface area (TPSA) is 32.3 Å². The predicted octanol–water partition coefficient (Wildman–Crippen LogP) is 2.20. The molecule has 0 saturated carbocycles. The van der Waals surface area contributed by atoms with Crippen LogP contribution in [0.2, 0.25) is 0 Å². The zero-order valence-electron chi connectivity index (χ0n) is 11.0. The van der Waals surface area contributed by atoms with Crippen LogP contribution in [0.3, 0.4) is 0 Å². The van der Waals surface area contributed by atoms with E-state index in [1.807, 2.05) is 29.2 Å². The summed E-state index contributed by atoms with van der Waals surface area (Å²) in [5.41, 5.74) is 1.53. The van der Waals surface area contributed by atoms with E-state index in [-0.39, 0.29) is 5.91 Å². The minimum Gasteiger partial charge on any atom is -0.341 e. The highest BCUT2D eigenvalue weighted by Crippen LogP contribution is 2.38. The summed E-state index contributed by atoms with van der Waals surface area (Å²) in [5, 5.41) is 3.39. The first-order valence-electron chi connectivity index (χ1n) is 6.90. The molecule has 1 aromatic rings. The van der Waals surface area contributed by atoms with Crippen molar-refractivity contribution in [2.24, 2.45) is 5.41 Å². The first-order valence-corrected chi connectivity index (χ1v) is 7.69. The van der Waals surface area contributed by atoms with Gasteiger partial charge in [0.25, 0.3) is 0 Å². The maximum absolute atomic E-state index is 12.2. The molecule has 1 aromatic carbocycles. The summed E-state index contributed by atoms with van der Waals surface area (Å²) in [6.45, 7) is 4.14. The Balaban J connectivity index is 1.54. The van der Waals surface area contributed by atoms with Gasteiger partial charge in [-0.25, -0.2) is 0 Å². The number of likely N-dealkylation sites (tertiary alicyclic amines) is 1. The van der Waals surface area contributed by atoms with Gasteiger partial charge < -0.3 is 10.2 Å². The molecule has 1 amide bonds. The molecule has 0 unspecified atom stereocenters. The van der Waals surface area contributed by atoms with Crippen molar-refractivity contribution in [3.63, 3.8) is 0 Å². The highest BCUT2D eigenvalue weighted by atomic mass is 79.9. The van der Waals surface area contributed by atoms with Gasteiger partial charge >= 0.3 is 0 Å².